The van der Waals surface area contributed by atoms with Gasteiger partial charge in [0.1, 0.15) is 5.03 Å². The number of hydrogen-bond acceptors (Lipinski definition) is 7. The Kier molecular flexibility index (Phi) is 7.40. The lowest BCUT2D eigenvalue weighted by Gasteiger charge is -2.23. The zero-order chi connectivity index (χ0) is 20.6. The molecule has 1 atom stereocenters. The van der Waals surface area contributed by atoms with E-state index in [1.165, 1.54) is 25.1 Å². The summed E-state index contributed by atoms with van der Waals surface area (Å²) in [6, 6.07) is 6.98. The molecule has 0 bridgehead atoms. The van der Waals surface area contributed by atoms with Crippen molar-refractivity contribution < 1.29 is 19.1 Å². The van der Waals surface area contributed by atoms with Gasteiger partial charge in [-0.25, -0.2) is 9.78 Å². The molecule has 1 aliphatic rings. The van der Waals surface area contributed by atoms with Crippen LogP contribution < -0.4 is 10.6 Å². The standard InChI is InChI=1S/C20H24N4O4S/c1-13(19(26)24-20(27)22-14-7-3-2-4-8-14)28-18(25)12-29-17-11-21-15-9-5-6-10-16(15)23-17/h5-6,9-11,13-14H,2-4,7-8,12H2,1H3,(H2,22,24,26,27). The number of ether oxygens (including phenoxy) is 1. The van der Waals surface area contributed by atoms with Crippen LogP contribution in [-0.2, 0) is 14.3 Å². The van der Waals surface area contributed by atoms with Gasteiger partial charge in [-0.3, -0.25) is 19.9 Å². The minimum absolute atomic E-state index is 0.0150. The van der Waals surface area contributed by atoms with Gasteiger partial charge in [-0.15, -0.1) is 0 Å². The van der Waals surface area contributed by atoms with Crippen molar-refractivity contribution in [2.45, 2.75) is 56.2 Å². The lowest BCUT2D eigenvalue weighted by molar-refractivity contribution is -0.151. The maximum Gasteiger partial charge on any atom is 0.321 e. The number of benzene rings is 1. The molecule has 9 heteroatoms. The normalized spacial score (nSPS) is 15.5. The third-order valence-corrected chi connectivity index (χ3v) is 5.49. The summed E-state index contributed by atoms with van der Waals surface area (Å²) in [4.78, 5) is 44.7. The first-order valence-corrected chi connectivity index (χ1v) is 10.7. The lowest BCUT2D eigenvalue weighted by atomic mass is 9.96. The van der Waals surface area contributed by atoms with Crippen LogP contribution in [0.4, 0.5) is 4.79 Å². The van der Waals surface area contributed by atoms with E-state index in [4.69, 9.17) is 4.74 Å². The Bertz CT molecular complexity index is 886. The van der Waals surface area contributed by atoms with E-state index in [1.807, 2.05) is 24.3 Å². The number of carbonyl (C=O) groups is 3. The van der Waals surface area contributed by atoms with Crippen LogP contribution in [0.5, 0.6) is 0 Å². The van der Waals surface area contributed by atoms with Gasteiger partial charge >= 0.3 is 12.0 Å². The lowest BCUT2D eigenvalue weighted by Crippen LogP contribution is -2.48. The highest BCUT2D eigenvalue weighted by Gasteiger charge is 2.22. The van der Waals surface area contributed by atoms with Crippen molar-refractivity contribution in [1.29, 1.82) is 0 Å². The van der Waals surface area contributed by atoms with Crippen molar-refractivity contribution in [3.8, 4) is 0 Å². The van der Waals surface area contributed by atoms with Gasteiger partial charge in [0.2, 0.25) is 0 Å². The molecule has 8 nitrogen and oxygen atoms in total. The molecule has 3 rings (SSSR count). The SMILES string of the molecule is CC(OC(=O)CSc1cnc2ccccc2n1)C(=O)NC(=O)NC1CCCCC1. The van der Waals surface area contributed by atoms with E-state index in [1.54, 1.807) is 6.20 Å². The Balaban J connectivity index is 1.41. The Hall–Kier alpha value is -2.68. The Morgan fingerprint density at radius 1 is 1.17 bits per heavy atom. The van der Waals surface area contributed by atoms with Crippen LogP contribution in [-0.4, -0.2) is 45.8 Å². The molecule has 0 radical (unpaired) electrons. The predicted molar refractivity (Wildman–Crippen MR) is 109 cm³/mol. The average molecular weight is 417 g/mol. The van der Waals surface area contributed by atoms with E-state index in [2.05, 4.69) is 20.6 Å². The maximum atomic E-state index is 12.1. The van der Waals surface area contributed by atoms with E-state index in [-0.39, 0.29) is 11.8 Å². The Morgan fingerprint density at radius 3 is 2.66 bits per heavy atom. The first-order chi connectivity index (χ1) is 14.0. The minimum Gasteiger partial charge on any atom is -0.452 e. The largest absolute Gasteiger partial charge is 0.452 e. The van der Waals surface area contributed by atoms with E-state index in [0.717, 1.165) is 36.7 Å². The van der Waals surface area contributed by atoms with Gasteiger partial charge in [0.05, 0.1) is 23.0 Å². The quantitative estimate of drug-likeness (QED) is 0.550. The summed E-state index contributed by atoms with van der Waals surface area (Å²) < 4.78 is 5.11. The van der Waals surface area contributed by atoms with Crippen molar-refractivity contribution in [2.75, 3.05) is 5.75 Å². The third-order valence-electron chi connectivity index (χ3n) is 4.62. The van der Waals surface area contributed by atoms with Crippen molar-refractivity contribution in [1.82, 2.24) is 20.6 Å². The van der Waals surface area contributed by atoms with Crippen molar-refractivity contribution in [2.24, 2.45) is 0 Å². The molecule has 1 aromatic carbocycles. The number of rotatable bonds is 6. The number of nitrogens with zero attached hydrogens (tertiary/aromatic N) is 2. The molecule has 154 valence electrons. The average Bonchev–Trinajstić information content (AvgIpc) is 2.72. The fourth-order valence-electron chi connectivity index (χ4n) is 3.11. The number of amides is 3. The molecule has 0 spiro atoms. The van der Waals surface area contributed by atoms with Crippen LogP contribution in [0.1, 0.15) is 39.0 Å². The molecule has 2 N–H and O–H groups in total. The molecule has 0 saturated heterocycles. The number of imide groups is 1. The highest BCUT2D eigenvalue weighted by atomic mass is 32.2. The fourth-order valence-corrected chi connectivity index (χ4v) is 3.73. The molecule has 1 fully saturated rings. The topological polar surface area (TPSA) is 110 Å². The monoisotopic (exact) mass is 416 g/mol. The van der Waals surface area contributed by atoms with Gasteiger partial charge < -0.3 is 10.1 Å². The minimum atomic E-state index is -1.07. The zero-order valence-electron chi connectivity index (χ0n) is 16.2. The number of para-hydroxylation sites is 2. The zero-order valence-corrected chi connectivity index (χ0v) is 17.0. The van der Waals surface area contributed by atoms with Gasteiger partial charge in [-0.05, 0) is 31.9 Å². The molecule has 1 saturated carbocycles. The Labute approximate surface area is 173 Å². The number of carbonyl (C=O) groups excluding carboxylic acids is 3. The number of aromatic nitrogens is 2. The highest BCUT2D eigenvalue weighted by molar-refractivity contribution is 7.99. The molecular formula is C20H24N4O4S. The molecule has 2 aromatic rings. The van der Waals surface area contributed by atoms with Crippen LogP contribution in [0.3, 0.4) is 0 Å². The number of urea groups is 1. The van der Waals surface area contributed by atoms with Gasteiger partial charge in [0.25, 0.3) is 5.91 Å². The molecule has 3 amide bonds. The van der Waals surface area contributed by atoms with Gasteiger partial charge in [0, 0.05) is 6.04 Å². The number of thioether (sulfide) groups is 1. The van der Waals surface area contributed by atoms with Crippen molar-refractivity contribution >= 4 is 40.7 Å². The summed E-state index contributed by atoms with van der Waals surface area (Å²) in [6.07, 6.45) is 5.68. The highest BCUT2D eigenvalue weighted by Crippen LogP contribution is 2.18. The molecular weight excluding hydrogens is 392 g/mol. The summed E-state index contributed by atoms with van der Waals surface area (Å²) in [5.41, 5.74) is 1.51. The van der Waals surface area contributed by atoms with Crippen LogP contribution in [0.25, 0.3) is 11.0 Å². The molecule has 0 aliphatic heterocycles. The molecule has 1 unspecified atom stereocenters. The van der Waals surface area contributed by atoms with Gasteiger partial charge in [-0.2, -0.15) is 0 Å². The van der Waals surface area contributed by atoms with Crippen LogP contribution in [0.15, 0.2) is 35.5 Å². The van der Waals surface area contributed by atoms with Gasteiger partial charge in [0.15, 0.2) is 6.10 Å². The number of esters is 1. The second kappa shape index (κ2) is 10.2. The maximum absolute atomic E-state index is 12.1. The fraction of sp³-hybridized carbons (Fsp3) is 0.450. The summed E-state index contributed by atoms with van der Waals surface area (Å²) in [6.45, 7) is 1.43. The smallest absolute Gasteiger partial charge is 0.321 e. The van der Waals surface area contributed by atoms with E-state index < -0.39 is 24.0 Å². The summed E-state index contributed by atoms with van der Waals surface area (Å²) in [7, 11) is 0. The first-order valence-electron chi connectivity index (χ1n) is 9.66. The van der Waals surface area contributed by atoms with E-state index in [0.29, 0.717) is 5.03 Å². The Morgan fingerprint density at radius 2 is 1.90 bits per heavy atom. The second-order valence-electron chi connectivity index (χ2n) is 6.92. The van der Waals surface area contributed by atoms with Crippen molar-refractivity contribution in [3.05, 3.63) is 30.5 Å². The third kappa shape index (κ3) is 6.42. The summed E-state index contributed by atoms with van der Waals surface area (Å²) >= 11 is 1.18. The number of hydrogen-bond donors (Lipinski definition) is 2. The van der Waals surface area contributed by atoms with Gasteiger partial charge in [-0.1, -0.05) is 43.2 Å². The van der Waals surface area contributed by atoms with E-state index in [9.17, 15) is 14.4 Å². The van der Waals surface area contributed by atoms with E-state index >= 15 is 0 Å². The summed E-state index contributed by atoms with van der Waals surface area (Å²) in [5.74, 6) is -1.23. The van der Waals surface area contributed by atoms with Crippen LogP contribution in [0, 0.1) is 0 Å². The molecule has 1 aliphatic carbocycles. The van der Waals surface area contributed by atoms with Crippen molar-refractivity contribution in [3.63, 3.8) is 0 Å². The molecule has 1 aromatic heterocycles. The second-order valence-corrected chi connectivity index (χ2v) is 7.91. The molecule has 29 heavy (non-hydrogen) atoms. The number of nitrogens with one attached hydrogen (secondary N) is 2. The first kappa shape index (κ1) is 21.0. The summed E-state index contributed by atoms with van der Waals surface area (Å²) in [5, 5.41) is 5.61. The molecule has 1 heterocycles. The van der Waals surface area contributed by atoms with Crippen LogP contribution >= 0.6 is 11.8 Å². The number of fused-ring (bicyclic) bond motifs is 1. The van der Waals surface area contributed by atoms with Crippen LogP contribution in [0.2, 0.25) is 0 Å². The predicted octanol–water partition coefficient (Wildman–Crippen LogP) is 2.81.